The minimum absolute atomic E-state index is 0.0464. The Kier molecular flexibility index (Phi) is 5.99. The van der Waals surface area contributed by atoms with E-state index in [0.717, 1.165) is 12.8 Å². The number of carbonyl (C=O) groups excluding carboxylic acids is 2. The molecular formula is C17H30N2O2. The molecule has 0 aromatic rings. The van der Waals surface area contributed by atoms with Crippen molar-refractivity contribution in [3.63, 3.8) is 0 Å². The zero-order valence-electron chi connectivity index (χ0n) is 14.0. The fraction of sp³-hybridized carbons (Fsp3) is 0.765. The predicted octanol–water partition coefficient (Wildman–Crippen LogP) is 2.63. The smallest absolute Gasteiger partial charge is 0.224 e. The van der Waals surface area contributed by atoms with Gasteiger partial charge < -0.3 is 11.1 Å². The minimum Gasteiger partial charge on any atom is -0.369 e. The summed E-state index contributed by atoms with van der Waals surface area (Å²) >= 11 is 0. The van der Waals surface area contributed by atoms with Crippen LogP contribution in [0.2, 0.25) is 0 Å². The molecule has 3 N–H and O–H groups in total. The van der Waals surface area contributed by atoms with Gasteiger partial charge in [-0.05, 0) is 58.8 Å². The van der Waals surface area contributed by atoms with Gasteiger partial charge in [-0.1, -0.05) is 19.1 Å². The molecule has 21 heavy (non-hydrogen) atoms. The average molecular weight is 294 g/mol. The minimum atomic E-state index is -0.420. The number of primary amides is 1. The lowest BCUT2D eigenvalue weighted by Gasteiger charge is -2.28. The molecule has 0 aromatic carbocycles. The quantitative estimate of drug-likeness (QED) is 0.708. The number of allylic oxidation sites excluding steroid dienone is 2. The number of nitrogens with one attached hydrogen (secondary N) is 1. The Bertz CT molecular complexity index is 410. The van der Waals surface area contributed by atoms with Gasteiger partial charge >= 0.3 is 0 Å². The third kappa shape index (κ3) is 5.90. The van der Waals surface area contributed by atoms with Crippen LogP contribution in [0.3, 0.4) is 0 Å². The summed E-state index contributed by atoms with van der Waals surface area (Å²) in [6.07, 6.45) is 6.26. The van der Waals surface area contributed by atoms with Crippen LogP contribution in [-0.4, -0.2) is 17.4 Å². The molecule has 4 heteroatoms. The molecule has 2 amide bonds. The number of hydrogen-bond donors (Lipinski definition) is 2. The van der Waals surface area contributed by atoms with Crippen molar-refractivity contribution in [2.75, 3.05) is 0 Å². The summed E-state index contributed by atoms with van der Waals surface area (Å²) in [5.41, 5.74) is 5.26. The van der Waals surface area contributed by atoms with Gasteiger partial charge in [0.1, 0.15) is 0 Å². The molecule has 0 aliphatic heterocycles. The van der Waals surface area contributed by atoms with Crippen molar-refractivity contribution in [2.45, 2.75) is 59.4 Å². The van der Waals surface area contributed by atoms with E-state index in [1.165, 1.54) is 0 Å². The maximum atomic E-state index is 12.6. The van der Waals surface area contributed by atoms with Crippen LogP contribution in [0.4, 0.5) is 0 Å². The lowest BCUT2D eigenvalue weighted by Crippen LogP contribution is -2.47. The summed E-state index contributed by atoms with van der Waals surface area (Å²) in [6, 6.07) is 0. The highest BCUT2D eigenvalue weighted by Crippen LogP contribution is 2.44. The van der Waals surface area contributed by atoms with Crippen LogP contribution in [-0.2, 0) is 9.59 Å². The summed E-state index contributed by atoms with van der Waals surface area (Å²) in [5, 5.41) is 3.01. The second kappa shape index (κ2) is 7.10. The van der Waals surface area contributed by atoms with Gasteiger partial charge in [0.05, 0.1) is 11.8 Å². The van der Waals surface area contributed by atoms with Crippen molar-refractivity contribution in [3.8, 4) is 0 Å². The summed E-state index contributed by atoms with van der Waals surface area (Å²) in [5.74, 6) is 0.0351. The first-order chi connectivity index (χ1) is 9.65. The van der Waals surface area contributed by atoms with Crippen molar-refractivity contribution < 1.29 is 9.59 Å². The van der Waals surface area contributed by atoms with Crippen molar-refractivity contribution in [1.82, 2.24) is 5.32 Å². The Morgan fingerprint density at radius 2 is 1.90 bits per heavy atom. The highest BCUT2D eigenvalue weighted by atomic mass is 16.2. The van der Waals surface area contributed by atoms with Gasteiger partial charge in [-0.2, -0.15) is 0 Å². The predicted molar refractivity (Wildman–Crippen MR) is 85.4 cm³/mol. The maximum absolute atomic E-state index is 12.6. The molecule has 1 rings (SSSR count). The first kappa shape index (κ1) is 17.7. The zero-order chi connectivity index (χ0) is 16.2. The van der Waals surface area contributed by atoms with Crippen LogP contribution in [0.15, 0.2) is 12.2 Å². The highest BCUT2D eigenvalue weighted by Gasteiger charge is 2.41. The molecule has 1 fully saturated rings. The van der Waals surface area contributed by atoms with E-state index < -0.39 is 5.92 Å². The number of hydrogen-bond acceptors (Lipinski definition) is 2. The molecule has 0 spiro atoms. The molecule has 0 heterocycles. The lowest BCUT2D eigenvalue weighted by molar-refractivity contribution is -0.134. The molecule has 4 atom stereocenters. The van der Waals surface area contributed by atoms with E-state index in [4.69, 9.17) is 5.73 Å². The first-order valence-electron chi connectivity index (χ1n) is 7.88. The Morgan fingerprint density at radius 3 is 2.29 bits per heavy atom. The molecule has 1 aliphatic rings. The molecule has 1 saturated carbocycles. The van der Waals surface area contributed by atoms with Gasteiger partial charge in [-0.15, -0.1) is 0 Å². The molecule has 3 unspecified atom stereocenters. The van der Waals surface area contributed by atoms with Crippen LogP contribution in [0.5, 0.6) is 0 Å². The summed E-state index contributed by atoms with van der Waals surface area (Å²) in [7, 11) is 0. The van der Waals surface area contributed by atoms with Crippen LogP contribution < -0.4 is 11.1 Å². The van der Waals surface area contributed by atoms with Gasteiger partial charge in [0.25, 0.3) is 0 Å². The first-order valence-corrected chi connectivity index (χ1v) is 7.88. The van der Waals surface area contributed by atoms with Gasteiger partial charge in [0.2, 0.25) is 11.8 Å². The Labute approximate surface area is 128 Å². The van der Waals surface area contributed by atoms with Crippen LogP contribution in [0.1, 0.15) is 53.9 Å². The molecule has 4 nitrogen and oxygen atoms in total. The van der Waals surface area contributed by atoms with E-state index in [1.54, 1.807) is 0 Å². The standard InChI is InChI=1S/C17H30N2O2/c1-6-7-8-13(15(18)20)14(10-12-9-11(12)2)16(21)19-17(3,4)5/h6-7,11-14H,8-10H2,1-5H3,(H2,18,20)(H,19,21)/b7-6+/t11?,12?,13?,14-/m1/s1. The molecule has 120 valence electrons. The number of amides is 2. The second-order valence-electron chi connectivity index (χ2n) is 7.37. The third-order valence-electron chi connectivity index (χ3n) is 4.14. The van der Waals surface area contributed by atoms with Crippen molar-refractivity contribution in [1.29, 1.82) is 0 Å². The maximum Gasteiger partial charge on any atom is 0.224 e. The van der Waals surface area contributed by atoms with Crippen LogP contribution in [0.25, 0.3) is 0 Å². The summed E-state index contributed by atoms with van der Waals surface area (Å²) in [6.45, 7) is 9.95. The van der Waals surface area contributed by atoms with E-state index in [-0.39, 0.29) is 23.3 Å². The Balaban J connectivity index is 2.87. The molecule has 1 aliphatic carbocycles. The van der Waals surface area contributed by atoms with E-state index in [9.17, 15) is 9.59 Å². The molecule has 0 saturated heterocycles. The fourth-order valence-corrected chi connectivity index (χ4v) is 2.73. The van der Waals surface area contributed by atoms with E-state index in [0.29, 0.717) is 18.3 Å². The van der Waals surface area contributed by atoms with Gasteiger partial charge in [-0.3, -0.25) is 9.59 Å². The van der Waals surface area contributed by atoms with Crippen molar-refractivity contribution in [3.05, 3.63) is 12.2 Å². The van der Waals surface area contributed by atoms with Gasteiger partial charge in [-0.25, -0.2) is 0 Å². The SMILES string of the molecule is C/C=C/CC(C(N)=O)[C@@H](CC1CC1C)C(=O)NC(C)(C)C. The number of nitrogens with two attached hydrogens (primary N) is 1. The fourth-order valence-electron chi connectivity index (χ4n) is 2.73. The average Bonchev–Trinajstić information content (AvgIpc) is 3.01. The molecule has 0 bridgehead atoms. The third-order valence-corrected chi connectivity index (χ3v) is 4.14. The number of rotatable bonds is 7. The largest absolute Gasteiger partial charge is 0.369 e. The van der Waals surface area contributed by atoms with Crippen LogP contribution in [0, 0.1) is 23.7 Å². The Hall–Kier alpha value is -1.32. The highest BCUT2D eigenvalue weighted by molar-refractivity contribution is 5.87. The van der Waals surface area contributed by atoms with E-state index in [1.807, 2.05) is 39.8 Å². The molecular weight excluding hydrogens is 264 g/mol. The summed E-state index contributed by atoms with van der Waals surface area (Å²) < 4.78 is 0. The zero-order valence-corrected chi connectivity index (χ0v) is 14.0. The van der Waals surface area contributed by atoms with Gasteiger partial charge in [0.15, 0.2) is 0 Å². The Morgan fingerprint density at radius 1 is 1.33 bits per heavy atom. The normalized spacial score (nSPS) is 24.6. The van der Waals surface area contributed by atoms with Crippen LogP contribution >= 0.6 is 0 Å². The van der Waals surface area contributed by atoms with E-state index in [2.05, 4.69) is 12.2 Å². The monoisotopic (exact) mass is 294 g/mol. The van der Waals surface area contributed by atoms with Crippen molar-refractivity contribution >= 4 is 11.8 Å². The number of carbonyl (C=O) groups is 2. The topological polar surface area (TPSA) is 72.2 Å². The van der Waals surface area contributed by atoms with E-state index >= 15 is 0 Å². The summed E-state index contributed by atoms with van der Waals surface area (Å²) in [4.78, 5) is 24.4. The lowest BCUT2D eigenvalue weighted by atomic mass is 9.83. The second-order valence-corrected chi connectivity index (χ2v) is 7.37. The molecule has 0 radical (unpaired) electrons. The molecule has 0 aromatic heterocycles. The van der Waals surface area contributed by atoms with Gasteiger partial charge in [0, 0.05) is 5.54 Å². The van der Waals surface area contributed by atoms with Crippen molar-refractivity contribution in [2.24, 2.45) is 29.4 Å².